The fraction of sp³-hybridized carbons (Fsp3) is 0.438. The molecule has 142 valence electrons. The van der Waals surface area contributed by atoms with Gasteiger partial charge in [0, 0.05) is 17.8 Å². The Balaban J connectivity index is 1.96. The SMILES string of the molecule is CC(OC(=O)C1CCCN1S(C)(=O)=O)C(=O)Nc1ccc(C(N)=O)cc1. The van der Waals surface area contributed by atoms with Crippen molar-refractivity contribution in [3.63, 3.8) is 0 Å². The Morgan fingerprint density at radius 1 is 1.27 bits per heavy atom. The Hall–Kier alpha value is -2.46. The van der Waals surface area contributed by atoms with Gasteiger partial charge in [-0.05, 0) is 44.0 Å². The molecule has 0 spiro atoms. The van der Waals surface area contributed by atoms with Crippen LogP contribution in [-0.2, 0) is 24.3 Å². The first-order valence-electron chi connectivity index (χ1n) is 7.97. The second-order valence-corrected chi connectivity index (χ2v) is 7.98. The maximum atomic E-state index is 12.2. The van der Waals surface area contributed by atoms with Gasteiger partial charge in [0.1, 0.15) is 6.04 Å². The number of hydrogen-bond donors (Lipinski definition) is 2. The number of primary amides is 1. The first-order chi connectivity index (χ1) is 12.1. The summed E-state index contributed by atoms with van der Waals surface area (Å²) >= 11 is 0. The van der Waals surface area contributed by atoms with Crippen LogP contribution in [0.25, 0.3) is 0 Å². The van der Waals surface area contributed by atoms with E-state index in [0.29, 0.717) is 24.1 Å². The molecule has 2 unspecified atom stereocenters. The lowest BCUT2D eigenvalue weighted by atomic mass is 10.2. The number of benzene rings is 1. The van der Waals surface area contributed by atoms with Crippen LogP contribution >= 0.6 is 0 Å². The number of nitrogens with two attached hydrogens (primary N) is 1. The molecule has 1 aromatic carbocycles. The Morgan fingerprint density at radius 2 is 1.88 bits per heavy atom. The van der Waals surface area contributed by atoms with Crippen molar-refractivity contribution >= 4 is 33.5 Å². The van der Waals surface area contributed by atoms with Crippen molar-refractivity contribution in [3.8, 4) is 0 Å². The smallest absolute Gasteiger partial charge is 0.325 e. The molecular weight excluding hydrogens is 362 g/mol. The molecule has 0 bridgehead atoms. The van der Waals surface area contributed by atoms with Crippen LogP contribution in [0.3, 0.4) is 0 Å². The first-order valence-corrected chi connectivity index (χ1v) is 9.82. The molecule has 0 saturated carbocycles. The molecule has 26 heavy (non-hydrogen) atoms. The van der Waals surface area contributed by atoms with Crippen molar-refractivity contribution in [2.45, 2.75) is 31.9 Å². The van der Waals surface area contributed by atoms with E-state index in [1.54, 1.807) is 0 Å². The number of anilines is 1. The lowest BCUT2D eigenvalue weighted by Crippen LogP contribution is -2.43. The van der Waals surface area contributed by atoms with Crippen LogP contribution in [0.15, 0.2) is 24.3 Å². The van der Waals surface area contributed by atoms with Crippen LogP contribution in [0, 0.1) is 0 Å². The van der Waals surface area contributed by atoms with Gasteiger partial charge in [-0.3, -0.25) is 14.4 Å². The number of esters is 1. The van der Waals surface area contributed by atoms with E-state index in [9.17, 15) is 22.8 Å². The third kappa shape index (κ3) is 4.79. The third-order valence-corrected chi connectivity index (χ3v) is 5.29. The second kappa shape index (κ2) is 7.83. The summed E-state index contributed by atoms with van der Waals surface area (Å²) in [5.41, 5.74) is 5.84. The number of amides is 2. The van der Waals surface area contributed by atoms with Crippen LogP contribution in [0.5, 0.6) is 0 Å². The summed E-state index contributed by atoms with van der Waals surface area (Å²) in [5.74, 6) is -1.91. The van der Waals surface area contributed by atoms with Crippen molar-refractivity contribution in [3.05, 3.63) is 29.8 Å². The summed E-state index contributed by atoms with van der Waals surface area (Å²) in [6, 6.07) is 4.99. The highest BCUT2D eigenvalue weighted by Gasteiger charge is 2.38. The summed E-state index contributed by atoms with van der Waals surface area (Å²) in [6.45, 7) is 1.65. The predicted octanol–water partition coefficient (Wildman–Crippen LogP) is 0.0797. The number of nitrogens with one attached hydrogen (secondary N) is 1. The summed E-state index contributed by atoms with van der Waals surface area (Å²) < 4.78 is 29.6. The van der Waals surface area contributed by atoms with E-state index < -0.39 is 40.0 Å². The van der Waals surface area contributed by atoms with Crippen molar-refractivity contribution in [1.82, 2.24) is 4.31 Å². The van der Waals surface area contributed by atoms with Gasteiger partial charge in [0.15, 0.2) is 6.10 Å². The number of hydrogen-bond acceptors (Lipinski definition) is 6. The average molecular weight is 383 g/mol. The zero-order valence-corrected chi connectivity index (χ0v) is 15.3. The van der Waals surface area contributed by atoms with Crippen molar-refractivity contribution in [2.24, 2.45) is 5.73 Å². The number of ether oxygens (including phenoxy) is 1. The van der Waals surface area contributed by atoms with E-state index in [1.807, 2.05) is 0 Å². The maximum absolute atomic E-state index is 12.2. The maximum Gasteiger partial charge on any atom is 0.325 e. The monoisotopic (exact) mass is 383 g/mol. The molecule has 2 atom stereocenters. The number of carbonyl (C=O) groups excluding carboxylic acids is 3. The molecule has 10 heteroatoms. The highest BCUT2D eigenvalue weighted by atomic mass is 32.2. The van der Waals surface area contributed by atoms with E-state index in [4.69, 9.17) is 10.5 Å². The summed E-state index contributed by atoms with van der Waals surface area (Å²) in [4.78, 5) is 35.4. The van der Waals surface area contributed by atoms with Crippen molar-refractivity contribution < 1.29 is 27.5 Å². The Morgan fingerprint density at radius 3 is 2.42 bits per heavy atom. The van der Waals surface area contributed by atoms with Crippen LogP contribution < -0.4 is 11.1 Å². The molecule has 3 N–H and O–H groups in total. The highest BCUT2D eigenvalue weighted by molar-refractivity contribution is 7.88. The molecule has 1 aliphatic heterocycles. The van der Waals surface area contributed by atoms with Gasteiger partial charge >= 0.3 is 5.97 Å². The van der Waals surface area contributed by atoms with Gasteiger partial charge in [0.25, 0.3) is 5.91 Å². The quantitative estimate of drug-likeness (QED) is 0.668. The van der Waals surface area contributed by atoms with E-state index >= 15 is 0 Å². The molecule has 1 saturated heterocycles. The molecule has 0 aliphatic carbocycles. The lowest BCUT2D eigenvalue weighted by Gasteiger charge is -2.22. The van der Waals surface area contributed by atoms with Crippen molar-refractivity contribution in [1.29, 1.82) is 0 Å². The molecule has 1 aromatic rings. The normalized spacial score (nSPS) is 18.9. The average Bonchev–Trinajstić information content (AvgIpc) is 3.05. The standard InChI is InChI=1S/C16H21N3O6S/c1-10(15(21)18-12-7-5-11(6-8-12)14(17)20)25-16(22)13-4-3-9-19(13)26(2,23)24/h5-8,10,13H,3-4,9H2,1-2H3,(H2,17,20)(H,18,21). The lowest BCUT2D eigenvalue weighted by molar-refractivity contribution is -0.156. The van der Waals surface area contributed by atoms with Crippen LogP contribution in [0.2, 0.25) is 0 Å². The zero-order valence-electron chi connectivity index (χ0n) is 14.5. The van der Waals surface area contributed by atoms with Gasteiger partial charge in [-0.2, -0.15) is 4.31 Å². The summed E-state index contributed by atoms with van der Waals surface area (Å²) in [7, 11) is -3.52. The molecule has 2 rings (SSSR count). The van der Waals surface area contributed by atoms with E-state index in [-0.39, 0.29) is 6.54 Å². The first kappa shape index (κ1) is 19.9. The Labute approximate surface area is 151 Å². The minimum Gasteiger partial charge on any atom is -0.451 e. The Kier molecular flexibility index (Phi) is 5.98. The topological polar surface area (TPSA) is 136 Å². The second-order valence-electron chi connectivity index (χ2n) is 6.04. The zero-order chi connectivity index (χ0) is 19.5. The van der Waals surface area contributed by atoms with Crippen LogP contribution in [0.1, 0.15) is 30.1 Å². The third-order valence-electron chi connectivity index (χ3n) is 4.00. The van der Waals surface area contributed by atoms with Gasteiger partial charge in [0.05, 0.1) is 6.26 Å². The minimum atomic E-state index is -3.52. The summed E-state index contributed by atoms with van der Waals surface area (Å²) in [6.07, 6.45) is 0.833. The minimum absolute atomic E-state index is 0.255. The molecule has 0 aromatic heterocycles. The Bertz CT molecular complexity index is 806. The number of rotatable bonds is 6. The number of carbonyl (C=O) groups is 3. The molecule has 2 amide bonds. The van der Waals surface area contributed by atoms with Gasteiger partial charge in [-0.15, -0.1) is 0 Å². The molecule has 0 radical (unpaired) electrons. The fourth-order valence-electron chi connectivity index (χ4n) is 2.64. The number of nitrogens with zero attached hydrogens (tertiary/aromatic N) is 1. The van der Waals surface area contributed by atoms with Gasteiger partial charge in [0.2, 0.25) is 15.9 Å². The van der Waals surface area contributed by atoms with E-state index in [2.05, 4.69) is 5.32 Å². The highest BCUT2D eigenvalue weighted by Crippen LogP contribution is 2.22. The number of sulfonamides is 1. The molecular formula is C16H21N3O6S. The fourth-order valence-corrected chi connectivity index (χ4v) is 3.76. The molecule has 1 aliphatic rings. The van der Waals surface area contributed by atoms with E-state index in [1.165, 1.54) is 31.2 Å². The van der Waals surface area contributed by atoms with Crippen LogP contribution in [0.4, 0.5) is 5.69 Å². The van der Waals surface area contributed by atoms with Gasteiger partial charge in [-0.1, -0.05) is 0 Å². The van der Waals surface area contributed by atoms with Crippen molar-refractivity contribution in [2.75, 3.05) is 18.1 Å². The molecule has 1 heterocycles. The van der Waals surface area contributed by atoms with Gasteiger partial charge in [-0.25, -0.2) is 8.42 Å². The predicted molar refractivity (Wildman–Crippen MR) is 93.7 cm³/mol. The molecule has 1 fully saturated rings. The summed E-state index contributed by atoms with van der Waals surface area (Å²) in [5, 5.41) is 2.55. The largest absolute Gasteiger partial charge is 0.451 e. The molecule has 9 nitrogen and oxygen atoms in total. The van der Waals surface area contributed by atoms with Gasteiger partial charge < -0.3 is 15.8 Å². The van der Waals surface area contributed by atoms with E-state index in [0.717, 1.165) is 10.6 Å². The van der Waals surface area contributed by atoms with Crippen LogP contribution in [-0.4, -0.2) is 55.5 Å².